The Labute approximate surface area is 68.5 Å². The molecule has 0 aromatic heterocycles. The standard InChI is InChI=1S/C9H18N2/c10-8-2-1-3-9(8)4-6-11-7-5-9/h8,11H,1-7,10H2. The molecule has 1 heterocycles. The van der Waals surface area contributed by atoms with Gasteiger partial charge < -0.3 is 11.1 Å². The van der Waals surface area contributed by atoms with E-state index in [0.717, 1.165) is 0 Å². The third-order valence-corrected chi connectivity index (χ3v) is 3.58. The maximum atomic E-state index is 6.12. The number of hydrogen-bond acceptors (Lipinski definition) is 2. The Morgan fingerprint density at radius 2 is 1.91 bits per heavy atom. The smallest absolute Gasteiger partial charge is 0.00965 e. The number of piperidine rings is 1. The summed E-state index contributed by atoms with van der Waals surface area (Å²) in [5.41, 5.74) is 6.66. The van der Waals surface area contributed by atoms with Crippen LogP contribution in [-0.4, -0.2) is 19.1 Å². The Balaban J connectivity index is 2.06. The zero-order valence-electron chi connectivity index (χ0n) is 7.10. The number of nitrogens with two attached hydrogens (primary N) is 1. The summed E-state index contributed by atoms with van der Waals surface area (Å²) in [6, 6.07) is 0.504. The average Bonchev–Trinajstić information content (AvgIpc) is 2.36. The van der Waals surface area contributed by atoms with Crippen molar-refractivity contribution in [3.8, 4) is 0 Å². The Morgan fingerprint density at radius 1 is 1.18 bits per heavy atom. The van der Waals surface area contributed by atoms with E-state index in [4.69, 9.17) is 5.73 Å². The van der Waals surface area contributed by atoms with Crippen LogP contribution in [0.15, 0.2) is 0 Å². The Hall–Kier alpha value is -0.0800. The predicted molar refractivity (Wildman–Crippen MR) is 46.4 cm³/mol. The monoisotopic (exact) mass is 154 g/mol. The van der Waals surface area contributed by atoms with E-state index < -0.39 is 0 Å². The number of hydrogen-bond donors (Lipinski definition) is 2. The molecule has 0 aromatic carbocycles. The van der Waals surface area contributed by atoms with Crippen LogP contribution in [0.25, 0.3) is 0 Å². The van der Waals surface area contributed by atoms with Gasteiger partial charge in [-0.3, -0.25) is 0 Å². The fraction of sp³-hybridized carbons (Fsp3) is 1.00. The van der Waals surface area contributed by atoms with E-state index in [1.54, 1.807) is 0 Å². The maximum absolute atomic E-state index is 6.12. The van der Waals surface area contributed by atoms with Crippen molar-refractivity contribution in [2.75, 3.05) is 13.1 Å². The van der Waals surface area contributed by atoms with E-state index in [2.05, 4.69) is 5.32 Å². The van der Waals surface area contributed by atoms with Crippen LogP contribution in [-0.2, 0) is 0 Å². The van der Waals surface area contributed by atoms with E-state index in [-0.39, 0.29) is 0 Å². The van der Waals surface area contributed by atoms with Crippen molar-refractivity contribution in [3.63, 3.8) is 0 Å². The molecule has 64 valence electrons. The van der Waals surface area contributed by atoms with Gasteiger partial charge in [0.15, 0.2) is 0 Å². The molecular weight excluding hydrogens is 136 g/mol. The molecule has 1 aliphatic heterocycles. The normalized spacial score (nSPS) is 36.3. The molecule has 2 aliphatic rings. The molecule has 0 aromatic rings. The van der Waals surface area contributed by atoms with Gasteiger partial charge in [0.05, 0.1) is 0 Å². The van der Waals surface area contributed by atoms with E-state index in [0.29, 0.717) is 11.5 Å². The summed E-state index contributed by atoms with van der Waals surface area (Å²) < 4.78 is 0. The number of rotatable bonds is 0. The van der Waals surface area contributed by atoms with Crippen molar-refractivity contribution in [2.45, 2.75) is 38.1 Å². The van der Waals surface area contributed by atoms with Crippen LogP contribution in [0.1, 0.15) is 32.1 Å². The van der Waals surface area contributed by atoms with Gasteiger partial charge in [0, 0.05) is 6.04 Å². The molecule has 2 heteroatoms. The summed E-state index contributed by atoms with van der Waals surface area (Å²) >= 11 is 0. The topological polar surface area (TPSA) is 38.0 Å². The molecule has 1 atom stereocenters. The lowest BCUT2D eigenvalue weighted by atomic mass is 9.75. The highest BCUT2D eigenvalue weighted by molar-refractivity contribution is 4.97. The van der Waals surface area contributed by atoms with Gasteiger partial charge in [0.2, 0.25) is 0 Å². The minimum absolute atomic E-state index is 0.504. The molecule has 2 rings (SSSR count). The minimum Gasteiger partial charge on any atom is -0.327 e. The fourth-order valence-electron chi connectivity index (χ4n) is 2.71. The van der Waals surface area contributed by atoms with Gasteiger partial charge in [0.1, 0.15) is 0 Å². The third kappa shape index (κ3) is 1.18. The first-order valence-electron chi connectivity index (χ1n) is 4.80. The molecule has 2 nitrogen and oxygen atoms in total. The molecule has 11 heavy (non-hydrogen) atoms. The van der Waals surface area contributed by atoms with Crippen molar-refractivity contribution in [3.05, 3.63) is 0 Å². The highest BCUT2D eigenvalue weighted by atomic mass is 14.9. The zero-order valence-corrected chi connectivity index (χ0v) is 7.10. The van der Waals surface area contributed by atoms with Crippen LogP contribution in [0.5, 0.6) is 0 Å². The predicted octanol–water partition coefficient (Wildman–Crippen LogP) is 0.867. The highest BCUT2D eigenvalue weighted by Crippen LogP contribution is 2.43. The van der Waals surface area contributed by atoms with Crippen molar-refractivity contribution in [1.82, 2.24) is 5.32 Å². The Kier molecular flexibility index (Phi) is 1.90. The summed E-state index contributed by atoms with van der Waals surface area (Å²) in [7, 11) is 0. The molecule has 0 radical (unpaired) electrons. The van der Waals surface area contributed by atoms with Gasteiger partial charge in [0.25, 0.3) is 0 Å². The van der Waals surface area contributed by atoms with Crippen LogP contribution < -0.4 is 11.1 Å². The molecule has 0 amide bonds. The molecule has 2 fully saturated rings. The van der Waals surface area contributed by atoms with Crippen LogP contribution in [0.3, 0.4) is 0 Å². The van der Waals surface area contributed by atoms with Crippen molar-refractivity contribution >= 4 is 0 Å². The van der Waals surface area contributed by atoms with Gasteiger partial charge in [-0.2, -0.15) is 0 Å². The van der Waals surface area contributed by atoms with Crippen molar-refractivity contribution in [1.29, 1.82) is 0 Å². The third-order valence-electron chi connectivity index (χ3n) is 3.58. The molecule has 1 spiro atoms. The fourth-order valence-corrected chi connectivity index (χ4v) is 2.71. The largest absolute Gasteiger partial charge is 0.327 e. The molecule has 0 bridgehead atoms. The summed E-state index contributed by atoms with van der Waals surface area (Å²) in [6.07, 6.45) is 6.64. The Morgan fingerprint density at radius 3 is 2.45 bits per heavy atom. The zero-order chi connectivity index (χ0) is 7.73. The quantitative estimate of drug-likeness (QED) is 0.543. The molecule has 1 saturated heterocycles. The highest BCUT2D eigenvalue weighted by Gasteiger charge is 2.40. The van der Waals surface area contributed by atoms with Crippen LogP contribution in [0.4, 0.5) is 0 Å². The molecule has 1 unspecified atom stereocenters. The first-order chi connectivity index (χ1) is 5.33. The van der Waals surface area contributed by atoms with Gasteiger partial charge >= 0.3 is 0 Å². The van der Waals surface area contributed by atoms with Crippen molar-refractivity contribution in [2.24, 2.45) is 11.1 Å². The van der Waals surface area contributed by atoms with Crippen LogP contribution in [0.2, 0.25) is 0 Å². The molecular formula is C9H18N2. The maximum Gasteiger partial charge on any atom is 0.00965 e. The first-order valence-corrected chi connectivity index (χ1v) is 4.80. The van der Waals surface area contributed by atoms with Crippen LogP contribution >= 0.6 is 0 Å². The second-order valence-electron chi connectivity index (χ2n) is 4.11. The first kappa shape index (κ1) is 7.56. The van der Waals surface area contributed by atoms with Crippen LogP contribution in [0, 0.1) is 5.41 Å². The Bertz CT molecular complexity index is 138. The summed E-state index contributed by atoms with van der Waals surface area (Å²) in [5.74, 6) is 0. The lowest BCUT2D eigenvalue weighted by Crippen LogP contribution is -2.45. The van der Waals surface area contributed by atoms with Gasteiger partial charge in [-0.25, -0.2) is 0 Å². The lowest BCUT2D eigenvalue weighted by Gasteiger charge is -2.37. The molecule has 3 N–H and O–H groups in total. The summed E-state index contributed by atoms with van der Waals surface area (Å²) in [5, 5.41) is 3.40. The van der Waals surface area contributed by atoms with Crippen molar-refractivity contribution < 1.29 is 0 Å². The second kappa shape index (κ2) is 2.76. The molecule has 1 aliphatic carbocycles. The van der Waals surface area contributed by atoms with E-state index >= 15 is 0 Å². The average molecular weight is 154 g/mol. The van der Waals surface area contributed by atoms with E-state index in [1.165, 1.54) is 45.2 Å². The lowest BCUT2D eigenvalue weighted by molar-refractivity contribution is 0.183. The summed E-state index contributed by atoms with van der Waals surface area (Å²) in [4.78, 5) is 0. The minimum atomic E-state index is 0.504. The molecule has 1 saturated carbocycles. The van der Waals surface area contributed by atoms with Gasteiger partial charge in [-0.05, 0) is 44.2 Å². The summed E-state index contributed by atoms with van der Waals surface area (Å²) in [6.45, 7) is 2.38. The van der Waals surface area contributed by atoms with E-state index in [1.807, 2.05) is 0 Å². The second-order valence-corrected chi connectivity index (χ2v) is 4.11. The van der Waals surface area contributed by atoms with Gasteiger partial charge in [-0.15, -0.1) is 0 Å². The van der Waals surface area contributed by atoms with E-state index in [9.17, 15) is 0 Å². The number of nitrogens with one attached hydrogen (secondary N) is 1. The SMILES string of the molecule is NC1CCCC12CCNCC2. The van der Waals surface area contributed by atoms with Gasteiger partial charge in [-0.1, -0.05) is 6.42 Å².